The highest BCUT2D eigenvalue weighted by Crippen LogP contribution is 2.41. The van der Waals surface area contributed by atoms with E-state index in [1.54, 1.807) is 50.5 Å². The fourth-order valence-electron chi connectivity index (χ4n) is 4.28. The van der Waals surface area contributed by atoms with Crippen LogP contribution in [0.15, 0.2) is 65.4 Å². The van der Waals surface area contributed by atoms with Crippen LogP contribution in [0.25, 0.3) is 22.2 Å². The minimum absolute atomic E-state index is 0.379. The first-order valence-corrected chi connectivity index (χ1v) is 11.0. The van der Waals surface area contributed by atoms with Crippen LogP contribution in [0.2, 0.25) is 0 Å². The van der Waals surface area contributed by atoms with Crippen LogP contribution in [0, 0.1) is 13.8 Å². The molecule has 0 atom stereocenters. The average molecular weight is 456 g/mol. The number of nitrogens with one attached hydrogen (secondary N) is 1. The van der Waals surface area contributed by atoms with Crippen molar-refractivity contribution in [3.8, 4) is 11.1 Å². The SMILES string of the molecule is Cc1noc(C)c1-c1cc(C(O)(c2ccccn2)c2ccccn2)c2nc(C(C)(C)O)[nH]c2c1. The molecule has 3 N–H and O–H groups in total. The molecular formula is C26H25N5O3. The minimum Gasteiger partial charge on any atom is -0.383 e. The van der Waals surface area contributed by atoms with Crippen LogP contribution < -0.4 is 0 Å². The fraction of sp³-hybridized carbons (Fsp3) is 0.231. The highest BCUT2D eigenvalue weighted by molar-refractivity contribution is 5.88. The Morgan fingerprint density at radius 1 is 0.912 bits per heavy atom. The van der Waals surface area contributed by atoms with Gasteiger partial charge in [-0.2, -0.15) is 0 Å². The quantitative estimate of drug-likeness (QED) is 0.364. The molecule has 0 saturated heterocycles. The molecule has 0 unspecified atom stereocenters. The average Bonchev–Trinajstić information content (AvgIpc) is 3.42. The Balaban J connectivity index is 1.91. The summed E-state index contributed by atoms with van der Waals surface area (Å²) < 4.78 is 5.41. The number of imidazole rings is 1. The van der Waals surface area contributed by atoms with Crippen molar-refractivity contribution in [2.24, 2.45) is 0 Å². The number of aliphatic hydroxyl groups is 2. The molecule has 1 aromatic carbocycles. The van der Waals surface area contributed by atoms with E-state index in [9.17, 15) is 10.2 Å². The Morgan fingerprint density at radius 2 is 1.56 bits per heavy atom. The molecule has 8 nitrogen and oxygen atoms in total. The summed E-state index contributed by atoms with van der Waals surface area (Å²) >= 11 is 0. The van der Waals surface area contributed by atoms with Crippen molar-refractivity contribution in [1.82, 2.24) is 25.1 Å². The normalized spacial score (nSPS) is 12.4. The topological polar surface area (TPSA) is 121 Å². The molecule has 0 aliphatic carbocycles. The van der Waals surface area contributed by atoms with E-state index >= 15 is 0 Å². The van der Waals surface area contributed by atoms with Gasteiger partial charge in [0.2, 0.25) is 0 Å². The number of fused-ring (bicyclic) bond motifs is 1. The summed E-state index contributed by atoms with van der Waals surface area (Å²) in [5, 5.41) is 27.2. The van der Waals surface area contributed by atoms with Crippen molar-refractivity contribution in [2.75, 3.05) is 0 Å². The van der Waals surface area contributed by atoms with E-state index in [1.165, 1.54) is 0 Å². The van der Waals surface area contributed by atoms with Gasteiger partial charge >= 0.3 is 0 Å². The highest BCUT2D eigenvalue weighted by Gasteiger charge is 2.40. The Kier molecular flexibility index (Phi) is 5.07. The first-order chi connectivity index (χ1) is 16.2. The number of aryl methyl sites for hydroxylation is 2. The van der Waals surface area contributed by atoms with Gasteiger partial charge in [-0.3, -0.25) is 9.97 Å². The Bertz CT molecular complexity index is 1410. The highest BCUT2D eigenvalue weighted by atomic mass is 16.5. The zero-order valence-electron chi connectivity index (χ0n) is 19.4. The molecule has 0 fully saturated rings. The molecule has 0 saturated carbocycles. The lowest BCUT2D eigenvalue weighted by Crippen LogP contribution is -2.31. The number of hydrogen-bond acceptors (Lipinski definition) is 7. The lowest BCUT2D eigenvalue weighted by Gasteiger charge is -2.28. The summed E-state index contributed by atoms with van der Waals surface area (Å²) in [5.41, 5.74) is 1.84. The van der Waals surface area contributed by atoms with Crippen LogP contribution in [-0.4, -0.2) is 35.3 Å². The molecule has 4 heterocycles. The van der Waals surface area contributed by atoms with Crippen molar-refractivity contribution in [3.63, 3.8) is 0 Å². The molecule has 0 spiro atoms. The minimum atomic E-state index is -1.72. The van der Waals surface area contributed by atoms with Gasteiger partial charge in [-0.15, -0.1) is 0 Å². The summed E-state index contributed by atoms with van der Waals surface area (Å²) in [7, 11) is 0. The standard InChI is InChI=1S/C26H25N5O3/c1-15-22(16(2)34-31-15)17-13-18(23-19(14-17)29-24(30-23)25(3,4)32)26(33,20-9-5-7-11-27-20)21-10-6-8-12-28-21/h5-14,32-33H,1-4H3,(H,29,30). The van der Waals surface area contributed by atoms with E-state index < -0.39 is 11.2 Å². The van der Waals surface area contributed by atoms with Gasteiger partial charge in [0.15, 0.2) is 5.60 Å². The number of hydrogen-bond donors (Lipinski definition) is 3. The molecule has 0 radical (unpaired) electrons. The van der Waals surface area contributed by atoms with E-state index in [1.807, 2.05) is 38.1 Å². The Labute approximate surface area is 196 Å². The molecule has 0 amide bonds. The van der Waals surface area contributed by atoms with Crippen molar-refractivity contribution < 1.29 is 14.7 Å². The number of nitrogens with zero attached hydrogens (tertiary/aromatic N) is 4. The first-order valence-electron chi connectivity index (χ1n) is 11.0. The van der Waals surface area contributed by atoms with E-state index in [4.69, 9.17) is 9.51 Å². The Morgan fingerprint density at radius 3 is 2.06 bits per heavy atom. The first kappa shape index (κ1) is 21.9. The van der Waals surface area contributed by atoms with Crippen LogP contribution in [0.3, 0.4) is 0 Å². The molecule has 0 bridgehead atoms. The summed E-state index contributed by atoms with van der Waals surface area (Å²) in [4.78, 5) is 16.9. The maximum Gasteiger partial charge on any atom is 0.176 e. The van der Waals surface area contributed by atoms with Crippen molar-refractivity contribution in [2.45, 2.75) is 38.9 Å². The maximum absolute atomic E-state index is 12.4. The van der Waals surface area contributed by atoms with Gasteiger partial charge in [-0.05, 0) is 69.7 Å². The molecule has 5 rings (SSSR count). The van der Waals surface area contributed by atoms with E-state index in [2.05, 4.69) is 20.1 Å². The van der Waals surface area contributed by atoms with E-state index in [-0.39, 0.29) is 0 Å². The van der Waals surface area contributed by atoms with Crippen LogP contribution in [-0.2, 0) is 11.2 Å². The zero-order chi connectivity index (χ0) is 24.1. The number of pyridine rings is 2. The monoisotopic (exact) mass is 455 g/mol. The summed E-state index contributed by atoms with van der Waals surface area (Å²) in [5.74, 6) is 1.04. The van der Waals surface area contributed by atoms with Gasteiger partial charge in [0.05, 0.1) is 28.1 Å². The second-order valence-corrected chi connectivity index (χ2v) is 8.90. The smallest absolute Gasteiger partial charge is 0.176 e. The van der Waals surface area contributed by atoms with Crippen LogP contribution >= 0.6 is 0 Å². The predicted octanol–water partition coefficient (Wildman–Crippen LogP) is 4.14. The van der Waals surface area contributed by atoms with E-state index in [0.717, 1.165) is 16.8 Å². The van der Waals surface area contributed by atoms with Gasteiger partial charge in [0, 0.05) is 23.5 Å². The third-order valence-electron chi connectivity index (χ3n) is 5.95. The largest absolute Gasteiger partial charge is 0.383 e. The van der Waals surface area contributed by atoms with E-state index in [0.29, 0.717) is 39.6 Å². The number of benzene rings is 1. The number of rotatable bonds is 5. The van der Waals surface area contributed by atoms with Crippen LogP contribution in [0.1, 0.15) is 48.1 Å². The zero-order valence-corrected chi connectivity index (χ0v) is 19.4. The number of aromatic amines is 1. The Hall–Kier alpha value is -3.88. The van der Waals surface area contributed by atoms with Crippen LogP contribution in [0.5, 0.6) is 0 Å². The molecule has 4 aromatic heterocycles. The summed E-state index contributed by atoms with van der Waals surface area (Å²) in [6.07, 6.45) is 3.26. The van der Waals surface area contributed by atoms with Crippen LogP contribution in [0.4, 0.5) is 0 Å². The lowest BCUT2D eigenvalue weighted by molar-refractivity contribution is 0.0699. The van der Waals surface area contributed by atoms with Gasteiger partial charge in [0.25, 0.3) is 0 Å². The lowest BCUT2D eigenvalue weighted by atomic mass is 9.83. The van der Waals surface area contributed by atoms with Gasteiger partial charge in [-0.25, -0.2) is 4.98 Å². The van der Waals surface area contributed by atoms with Crippen molar-refractivity contribution in [1.29, 1.82) is 0 Å². The molecule has 0 aliphatic heterocycles. The fourth-order valence-corrected chi connectivity index (χ4v) is 4.28. The third-order valence-corrected chi connectivity index (χ3v) is 5.95. The molecule has 34 heavy (non-hydrogen) atoms. The predicted molar refractivity (Wildman–Crippen MR) is 127 cm³/mol. The summed E-state index contributed by atoms with van der Waals surface area (Å²) in [6, 6.07) is 14.5. The molecular weight excluding hydrogens is 430 g/mol. The molecule has 0 aliphatic rings. The van der Waals surface area contributed by atoms with Crippen molar-refractivity contribution >= 4 is 11.0 Å². The summed E-state index contributed by atoms with van der Waals surface area (Å²) in [6.45, 7) is 7.03. The van der Waals surface area contributed by atoms with Gasteiger partial charge in [-0.1, -0.05) is 17.3 Å². The van der Waals surface area contributed by atoms with Crippen molar-refractivity contribution in [3.05, 3.63) is 95.2 Å². The number of aromatic nitrogens is 5. The van der Waals surface area contributed by atoms with Gasteiger partial charge in [0.1, 0.15) is 17.2 Å². The molecule has 5 aromatic rings. The second-order valence-electron chi connectivity index (χ2n) is 8.90. The third kappa shape index (κ3) is 3.48. The second kappa shape index (κ2) is 7.86. The maximum atomic E-state index is 12.4. The number of H-pyrrole nitrogens is 1. The molecule has 172 valence electrons. The van der Waals surface area contributed by atoms with Gasteiger partial charge < -0.3 is 19.7 Å². The molecule has 8 heteroatoms.